The third-order valence-corrected chi connectivity index (χ3v) is 7.95. The summed E-state index contributed by atoms with van der Waals surface area (Å²) in [6.45, 7) is 4.62. The Balaban J connectivity index is 1.37. The molecule has 0 atom stereocenters. The molecule has 0 unspecified atom stereocenters. The van der Waals surface area contributed by atoms with Gasteiger partial charge in [-0.25, -0.2) is 0 Å². The van der Waals surface area contributed by atoms with Crippen LogP contribution in [0.4, 0.5) is 0 Å². The second kappa shape index (κ2) is 13.8. The van der Waals surface area contributed by atoms with E-state index >= 15 is 0 Å². The molecule has 0 aliphatic heterocycles. The van der Waals surface area contributed by atoms with E-state index in [1.807, 2.05) is 0 Å². The monoisotopic (exact) mass is 418 g/mol. The highest BCUT2D eigenvalue weighted by Gasteiger charge is 2.21. The lowest BCUT2D eigenvalue weighted by Crippen LogP contribution is -2.13. The molecule has 1 aromatic carbocycles. The smallest absolute Gasteiger partial charge is 0.0249 e. The number of hydrogen-bond donors (Lipinski definition) is 0. The number of rotatable bonds is 9. The van der Waals surface area contributed by atoms with E-state index < -0.39 is 0 Å². The Labute approximate surface area is 193 Å². The molecule has 0 aromatic heterocycles. The van der Waals surface area contributed by atoms with Gasteiger partial charge in [0.25, 0.3) is 0 Å². The maximum absolute atomic E-state index is 3.35. The number of allylic oxidation sites excluding steroid dienone is 2. The number of benzene rings is 1. The van der Waals surface area contributed by atoms with Gasteiger partial charge in [0, 0.05) is 5.56 Å². The molecule has 3 rings (SSSR count). The molecule has 1 aromatic rings. The van der Waals surface area contributed by atoms with Gasteiger partial charge in [-0.3, -0.25) is 0 Å². The van der Waals surface area contributed by atoms with Crippen LogP contribution in [0.3, 0.4) is 0 Å². The molecule has 2 fully saturated rings. The summed E-state index contributed by atoms with van der Waals surface area (Å²) >= 11 is 0. The molecule has 31 heavy (non-hydrogen) atoms. The molecule has 0 bridgehead atoms. The lowest BCUT2D eigenvalue weighted by molar-refractivity contribution is 0.289. The first kappa shape index (κ1) is 24.2. The summed E-state index contributed by atoms with van der Waals surface area (Å²) < 4.78 is 0. The number of hydrogen-bond acceptors (Lipinski definition) is 0. The highest BCUT2D eigenvalue weighted by molar-refractivity contribution is 5.39. The largest absolute Gasteiger partial charge is 0.0730 e. The highest BCUT2D eigenvalue weighted by Crippen LogP contribution is 2.37. The van der Waals surface area contributed by atoms with Crippen LogP contribution in [0.15, 0.2) is 36.4 Å². The molecule has 0 N–H and O–H groups in total. The van der Waals surface area contributed by atoms with E-state index in [1.54, 1.807) is 0 Å². The van der Waals surface area contributed by atoms with E-state index in [2.05, 4.69) is 62.1 Å². The second-order valence-corrected chi connectivity index (χ2v) is 10.4. The lowest BCUT2D eigenvalue weighted by Gasteiger charge is -2.28. The first-order valence-corrected chi connectivity index (χ1v) is 13.6. The van der Waals surface area contributed by atoms with E-state index in [0.717, 1.165) is 29.2 Å². The minimum Gasteiger partial charge on any atom is -0.0730 e. The van der Waals surface area contributed by atoms with E-state index in [4.69, 9.17) is 0 Å². The van der Waals surface area contributed by atoms with Crippen molar-refractivity contribution in [2.75, 3.05) is 0 Å². The standard InChI is InChI=1S/C31H46/c1-3-5-6-7-11-27-14-16-28(17-15-27)12-8-9-13-29-20-24-31(25-21-29)30-22-18-26(10-4-2)19-23-30/h8,12,20-21,24-28,30H,3-7,10-11,14-19,22-23H2,1-2H3/b12-8+/t26-,27-,28-,30-. The molecule has 0 radical (unpaired) electrons. The summed E-state index contributed by atoms with van der Waals surface area (Å²) in [6, 6.07) is 9.14. The molecule has 170 valence electrons. The fourth-order valence-corrected chi connectivity index (χ4v) is 5.87. The van der Waals surface area contributed by atoms with Crippen molar-refractivity contribution in [2.45, 2.75) is 116 Å². The maximum atomic E-state index is 3.35. The summed E-state index contributed by atoms with van der Waals surface area (Å²) in [4.78, 5) is 0. The molecule has 2 saturated carbocycles. The van der Waals surface area contributed by atoms with Crippen LogP contribution < -0.4 is 0 Å². The Morgan fingerprint density at radius 1 is 0.742 bits per heavy atom. The second-order valence-electron chi connectivity index (χ2n) is 10.4. The maximum Gasteiger partial charge on any atom is 0.0249 e. The van der Waals surface area contributed by atoms with Gasteiger partial charge < -0.3 is 0 Å². The Kier molecular flexibility index (Phi) is 10.8. The van der Waals surface area contributed by atoms with Crippen LogP contribution >= 0.6 is 0 Å². The molecular weight excluding hydrogens is 372 g/mol. The quantitative estimate of drug-likeness (QED) is 0.277. The van der Waals surface area contributed by atoms with Crippen LogP contribution in [0.2, 0.25) is 0 Å². The van der Waals surface area contributed by atoms with Crippen LogP contribution in [-0.2, 0) is 0 Å². The van der Waals surface area contributed by atoms with Gasteiger partial charge in [0.2, 0.25) is 0 Å². The van der Waals surface area contributed by atoms with Crippen LogP contribution in [0.25, 0.3) is 0 Å². The predicted octanol–water partition coefficient (Wildman–Crippen LogP) is 9.44. The first-order valence-electron chi connectivity index (χ1n) is 13.6. The molecule has 0 heterocycles. The van der Waals surface area contributed by atoms with Crippen LogP contribution in [0.5, 0.6) is 0 Å². The SMILES string of the molecule is CCCCCC[C@H]1CC[C@H](/C=C/C#Cc2ccc([C@H]3CC[C@H](CCC)CC3)cc2)CC1. The normalized spacial score (nSPS) is 26.5. The zero-order chi connectivity index (χ0) is 21.7. The van der Waals surface area contributed by atoms with Crippen molar-refractivity contribution in [3.63, 3.8) is 0 Å². The molecule has 0 saturated heterocycles. The average Bonchev–Trinajstić information content (AvgIpc) is 2.82. The van der Waals surface area contributed by atoms with Crippen molar-refractivity contribution in [3.05, 3.63) is 47.5 Å². The van der Waals surface area contributed by atoms with E-state index in [0.29, 0.717) is 0 Å². The van der Waals surface area contributed by atoms with Crippen LogP contribution in [0.1, 0.15) is 127 Å². The lowest BCUT2D eigenvalue weighted by atomic mass is 9.77. The van der Waals surface area contributed by atoms with Gasteiger partial charge in [0.15, 0.2) is 0 Å². The molecule has 2 aliphatic carbocycles. The molecule has 0 amide bonds. The third-order valence-electron chi connectivity index (χ3n) is 7.95. The minimum atomic E-state index is 0.756. The van der Waals surface area contributed by atoms with Gasteiger partial charge in [-0.2, -0.15) is 0 Å². The zero-order valence-electron chi connectivity index (χ0n) is 20.4. The van der Waals surface area contributed by atoms with Crippen molar-refractivity contribution >= 4 is 0 Å². The Bertz CT molecular complexity index is 682. The molecule has 0 nitrogen and oxygen atoms in total. The summed E-state index contributed by atoms with van der Waals surface area (Å²) in [6.07, 6.45) is 25.6. The summed E-state index contributed by atoms with van der Waals surface area (Å²) in [5.74, 6) is 10.2. The number of unbranched alkanes of at least 4 members (excludes halogenated alkanes) is 3. The summed E-state index contributed by atoms with van der Waals surface area (Å²) in [5.41, 5.74) is 2.69. The van der Waals surface area contributed by atoms with Crippen molar-refractivity contribution in [1.82, 2.24) is 0 Å². The van der Waals surface area contributed by atoms with Crippen molar-refractivity contribution in [1.29, 1.82) is 0 Å². The molecule has 0 spiro atoms. The van der Waals surface area contributed by atoms with E-state index in [9.17, 15) is 0 Å². The summed E-state index contributed by atoms with van der Waals surface area (Å²) in [7, 11) is 0. The van der Waals surface area contributed by atoms with Gasteiger partial charge in [0.1, 0.15) is 0 Å². The Hall–Kier alpha value is -1.48. The van der Waals surface area contributed by atoms with Crippen molar-refractivity contribution in [2.24, 2.45) is 17.8 Å². The molecule has 2 aliphatic rings. The predicted molar refractivity (Wildman–Crippen MR) is 136 cm³/mol. The topological polar surface area (TPSA) is 0 Å². The van der Waals surface area contributed by atoms with Crippen LogP contribution in [-0.4, -0.2) is 0 Å². The molecule has 0 heteroatoms. The average molecular weight is 419 g/mol. The van der Waals surface area contributed by atoms with Crippen molar-refractivity contribution in [3.8, 4) is 11.8 Å². The van der Waals surface area contributed by atoms with Gasteiger partial charge in [-0.1, -0.05) is 88.8 Å². The Morgan fingerprint density at radius 3 is 2.10 bits per heavy atom. The first-order chi connectivity index (χ1) is 15.3. The van der Waals surface area contributed by atoms with E-state index in [-0.39, 0.29) is 0 Å². The van der Waals surface area contributed by atoms with Crippen LogP contribution in [0, 0.1) is 29.6 Å². The zero-order valence-corrected chi connectivity index (χ0v) is 20.4. The highest BCUT2D eigenvalue weighted by atomic mass is 14.3. The third kappa shape index (κ3) is 8.52. The van der Waals surface area contributed by atoms with E-state index in [1.165, 1.54) is 102 Å². The minimum absolute atomic E-state index is 0.756. The van der Waals surface area contributed by atoms with Gasteiger partial charge in [-0.15, -0.1) is 0 Å². The van der Waals surface area contributed by atoms with Gasteiger partial charge in [-0.05, 0) is 98.8 Å². The molecular formula is C31H46. The fraction of sp³-hybridized carbons (Fsp3) is 0.677. The van der Waals surface area contributed by atoms with Gasteiger partial charge in [0.05, 0.1) is 0 Å². The van der Waals surface area contributed by atoms with Gasteiger partial charge >= 0.3 is 0 Å². The van der Waals surface area contributed by atoms with Crippen molar-refractivity contribution < 1.29 is 0 Å². The summed E-state index contributed by atoms with van der Waals surface area (Å²) in [5, 5.41) is 0. The Morgan fingerprint density at radius 2 is 1.42 bits per heavy atom. The fourth-order valence-electron chi connectivity index (χ4n) is 5.87.